The zero-order valence-corrected chi connectivity index (χ0v) is 19.5. The van der Waals surface area contributed by atoms with E-state index >= 15 is 0 Å². The largest absolute Gasteiger partial charge is 0.393 e. The summed E-state index contributed by atoms with van der Waals surface area (Å²) in [4.78, 5) is 0. The molecule has 1 N–H and O–H groups in total. The van der Waals surface area contributed by atoms with Gasteiger partial charge in [0.15, 0.2) is 5.79 Å². The van der Waals surface area contributed by atoms with Gasteiger partial charge in [-0.2, -0.15) is 0 Å². The van der Waals surface area contributed by atoms with Crippen molar-refractivity contribution in [1.82, 2.24) is 0 Å². The lowest BCUT2D eigenvalue weighted by molar-refractivity contribution is -0.272. The molecular formula is C27H42O3. The smallest absolute Gasteiger partial charge is 0.171 e. The van der Waals surface area contributed by atoms with E-state index in [4.69, 9.17) is 9.47 Å². The van der Waals surface area contributed by atoms with E-state index in [1.807, 2.05) is 0 Å². The zero-order chi connectivity index (χ0) is 20.9. The van der Waals surface area contributed by atoms with Crippen LogP contribution >= 0.6 is 0 Å². The molecule has 0 bridgehead atoms. The van der Waals surface area contributed by atoms with E-state index in [9.17, 15) is 5.11 Å². The van der Waals surface area contributed by atoms with Crippen molar-refractivity contribution >= 4 is 0 Å². The van der Waals surface area contributed by atoms with Gasteiger partial charge < -0.3 is 14.6 Å². The quantitative estimate of drug-likeness (QED) is 0.516. The summed E-state index contributed by atoms with van der Waals surface area (Å²) in [5.41, 5.74) is 2.19. The molecule has 6 rings (SSSR count). The molecule has 30 heavy (non-hydrogen) atoms. The van der Waals surface area contributed by atoms with Gasteiger partial charge in [-0.1, -0.05) is 39.3 Å². The number of ether oxygens (including phenoxy) is 2. The molecule has 168 valence electrons. The molecule has 2 heterocycles. The minimum Gasteiger partial charge on any atom is -0.393 e. The van der Waals surface area contributed by atoms with Gasteiger partial charge in [-0.05, 0) is 86.4 Å². The number of aliphatic hydroxyl groups excluding tert-OH is 1. The summed E-state index contributed by atoms with van der Waals surface area (Å²) in [5, 5.41) is 10.2. The number of hydrogen-bond acceptors (Lipinski definition) is 3. The molecule has 2 saturated heterocycles. The fourth-order valence-corrected chi connectivity index (χ4v) is 9.51. The van der Waals surface area contributed by atoms with Crippen LogP contribution in [0.15, 0.2) is 11.6 Å². The van der Waals surface area contributed by atoms with Crippen molar-refractivity contribution in [2.75, 3.05) is 6.61 Å². The van der Waals surface area contributed by atoms with E-state index in [0.717, 1.165) is 49.5 Å². The second-order valence-electron chi connectivity index (χ2n) is 12.6. The highest BCUT2D eigenvalue weighted by molar-refractivity contribution is 5.26. The zero-order valence-electron chi connectivity index (χ0n) is 19.5. The van der Waals surface area contributed by atoms with Crippen molar-refractivity contribution < 1.29 is 14.6 Å². The van der Waals surface area contributed by atoms with Crippen LogP contribution in [0.2, 0.25) is 0 Å². The Kier molecular flexibility index (Phi) is 4.44. The predicted molar refractivity (Wildman–Crippen MR) is 118 cm³/mol. The molecule has 4 aliphatic carbocycles. The molecule has 0 aromatic heterocycles. The third-order valence-corrected chi connectivity index (χ3v) is 11.5. The maximum Gasteiger partial charge on any atom is 0.171 e. The Morgan fingerprint density at radius 1 is 1.00 bits per heavy atom. The molecule has 3 heteroatoms. The molecule has 0 radical (unpaired) electrons. The molecule has 6 aliphatic rings. The van der Waals surface area contributed by atoms with Gasteiger partial charge in [-0.25, -0.2) is 0 Å². The van der Waals surface area contributed by atoms with Crippen molar-refractivity contribution in [3.63, 3.8) is 0 Å². The van der Waals surface area contributed by atoms with Crippen LogP contribution in [0.4, 0.5) is 0 Å². The highest BCUT2D eigenvalue weighted by Gasteiger charge is 2.70. The van der Waals surface area contributed by atoms with Crippen molar-refractivity contribution in [3.8, 4) is 0 Å². The fourth-order valence-electron chi connectivity index (χ4n) is 9.51. The first kappa shape index (κ1) is 20.2. The Morgan fingerprint density at radius 2 is 1.80 bits per heavy atom. The summed E-state index contributed by atoms with van der Waals surface area (Å²) < 4.78 is 13.4. The van der Waals surface area contributed by atoms with Gasteiger partial charge in [0.25, 0.3) is 0 Å². The maximum atomic E-state index is 10.2. The third kappa shape index (κ3) is 2.49. The summed E-state index contributed by atoms with van der Waals surface area (Å²) in [6, 6.07) is 0. The van der Waals surface area contributed by atoms with E-state index in [2.05, 4.69) is 33.8 Å². The Bertz CT molecular complexity index is 736. The summed E-state index contributed by atoms with van der Waals surface area (Å²) in [6.45, 7) is 10.7. The monoisotopic (exact) mass is 414 g/mol. The molecule has 3 unspecified atom stereocenters. The number of aliphatic hydroxyl groups is 1. The van der Waals surface area contributed by atoms with Crippen molar-refractivity contribution in [3.05, 3.63) is 11.6 Å². The first-order chi connectivity index (χ1) is 14.3. The van der Waals surface area contributed by atoms with E-state index in [1.165, 1.54) is 38.5 Å². The van der Waals surface area contributed by atoms with Crippen LogP contribution in [0, 0.1) is 46.3 Å². The van der Waals surface area contributed by atoms with Gasteiger partial charge in [0.05, 0.1) is 18.8 Å². The first-order valence-electron chi connectivity index (χ1n) is 13.0. The van der Waals surface area contributed by atoms with Crippen molar-refractivity contribution in [1.29, 1.82) is 0 Å². The SMILES string of the molecule is C[C@@H]1CCC2(OC1)O[C@H]1C[C@@H]3C(CC[C@H]4[C@H]3CC=C3C[C@@H](O)CC[C@@]34C)C1(C)[C@@H]2C. The minimum atomic E-state index is -0.307. The average molecular weight is 415 g/mol. The normalized spacial score (nSPS) is 59.8. The van der Waals surface area contributed by atoms with Crippen molar-refractivity contribution in [2.24, 2.45) is 46.3 Å². The second kappa shape index (κ2) is 6.58. The van der Waals surface area contributed by atoms with E-state index in [0.29, 0.717) is 23.4 Å². The van der Waals surface area contributed by atoms with Crippen LogP contribution in [-0.2, 0) is 9.47 Å². The van der Waals surface area contributed by atoms with Crippen LogP contribution < -0.4 is 0 Å². The Labute approximate surface area is 183 Å². The van der Waals surface area contributed by atoms with Crippen LogP contribution in [0.3, 0.4) is 0 Å². The number of fused-ring (bicyclic) bond motifs is 7. The molecule has 3 saturated carbocycles. The molecule has 0 aromatic rings. The number of rotatable bonds is 0. The van der Waals surface area contributed by atoms with Gasteiger partial charge in [0, 0.05) is 17.8 Å². The number of allylic oxidation sites excluding steroid dienone is 1. The molecule has 0 aromatic carbocycles. The van der Waals surface area contributed by atoms with Gasteiger partial charge in [0.1, 0.15) is 0 Å². The highest BCUT2D eigenvalue weighted by Crippen LogP contribution is 2.70. The summed E-state index contributed by atoms with van der Waals surface area (Å²) in [7, 11) is 0. The van der Waals surface area contributed by atoms with Gasteiger partial charge in [-0.3, -0.25) is 0 Å². The Hall–Kier alpha value is -0.380. The highest BCUT2D eigenvalue weighted by atomic mass is 16.7. The molecule has 5 fully saturated rings. The van der Waals surface area contributed by atoms with Gasteiger partial charge in [-0.15, -0.1) is 0 Å². The van der Waals surface area contributed by atoms with Crippen LogP contribution in [0.25, 0.3) is 0 Å². The average Bonchev–Trinajstić information content (AvgIpc) is 3.12. The molecule has 0 amide bonds. The molecular weight excluding hydrogens is 372 g/mol. The summed E-state index contributed by atoms with van der Waals surface area (Å²) >= 11 is 0. The standard InChI is InChI=1S/C27H42O3/c1-16-9-12-27(29-15-16)17(2)26(4)23-8-7-22-20(21(23)14-24(26)30-27)6-5-18-13-19(28)10-11-25(18,22)3/h5,16-17,19-24,28H,6-15H2,1-4H3/t16-,17+,19+,20+,21+,22+,23?,24+,25+,26?,27?/m1/s1. The topological polar surface area (TPSA) is 38.7 Å². The van der Waals surface area contributed by atoms with Crippen molar-refractivity contribution in [2.45, 2.75) is 103 Å². The van der Waals surface area contributed by atoms with Crippen LogP contribution in [-0.4, -0.2) is 29.7 Å². The van der Waals surface area contributed by atoms with E-state index in [1.54, 1.807) is 5.57 Å². The molecule has 2 aliphatic heterocycles. The molecule has 3 nitrogen and oxygen atoms in total. The lowest BCUT2D eigenvalue weighted by atomic mass is 9.49. The summed E-state index contributed by atoms with van der Waals surface area (Å²) in [6.07, 6.45) is 13.5. The summed E-state index contributed by atoms with van der Waals surface area (Å²) in [5.74, 6) is 4.07. The maximum absolute atomic E-state index is 10.2. The first-order valence-corrected chi connectivity index (χ1v) is 13.0. The lowest BCUT2D eigenvalue weighted by Gasteiger charge is -2.56. The Morgan fingerprint density at radius 3 is 2.57 bits per heavy atom. The van der Waals surface area contributed by atoms with Crippen LogP contribution in [0.5, 0.6) is 0 Å². The Balaban J connectivity index is 1.28. The number of hydrogen-bond donors (Lipinski definition) is 1. The van der Waals surface area contributed by atoms with Gasteiger partial charge >= 0.3 is 0 Å². The predicted octanol–water partition coefficient (Wildman–Crippen LogP) is 5.71. The second-order valence-corrected chi connectivity index (χ2v) is 12.6. The molecule has 11 atom stereocenters. The fraction of sp³-hybridized carbons (Fsp3) is 0.926. The van der Waals surface area contributed by atoms with Gasteiger partial charge in [0.2, 0.25) is 0 Å². The minimum absolute atomic E-state index is 0.106. The van der Waals surface area contributed by atoms with Crippen LogP contribution in [0.1, 0.15) is 85.5 Å². The molecule has 1 spiro atoms. The lowest BCUT2D eigenvalue weighted by Crippen LogP contribution is -2.51. The van der Waals surface area contributed by atoms with E-state index in [-0.39, 0.29) is 17.3 Å². The van der Waals surface area contributed by atoms with E-state index < -0.39 is 0 Å². The third-order valence-electron chi connectivity index (χ3n) is 11.5.